The van der Waals surface area contributed by atoms with E-state index in [0.29, 0.717) is 31.6 Å². The maximum absolute atomic E-state index is 13.1. The van der Waals surface area contributed by atoms with Crippen molar-refractivity contribution >= 4 is 39.5 Å². The van der Waals surface area contributed by atoms with Crippen molar-refractivity contribution in [2.24, 2.45) is 17.8 Å². The van der Waals surface area contributed by atoms with Gasteiger partial charge in [0.05, 0.1) is 26.4 Å². The molecule has 0 saturated heterocycles. The van der Waals surface area contributed by atoms with Gasteiger partial charge in [-0.15, -0.1) is 0 Å². The topological polar surface area (TPSA) is 237 Å². The fourth-order valence-corrected chi connectivity index (χ4v) is 13.0. The van der Waals surface area contributed by atoms with Gasteiger partial charge < -0.3 is 33.8 Å². The zero-order valence-corrected chi connectivity index (χ0v) is 63.2. The number of carbonyl (C=O) groups excluding carboxylic acids is 4. The van der Waals surface area contributed by atoms with Crippen molar-refractivity contribution in [3.63, 3.8) is 0 Å². The summed E-state index contributed by atoms with van der Waals surface area (Å²) in [4.78, 5) is 72.7. The van der Waals surface area contributed by atoms with Crippen LogP contribution in [0.2, 0.25) is 0 Å². The van der Waals surface area contributed by atoms with Crippen LogP contribution in [-0.2, 0) is 65.4 Å². The highest BCUT2D eigenvalue weighted by atomic mass is 31.2. The van der Waals surface area contributed by atoms with Gasteiger partial charge >= 0.3 is 39.5 Å². The summed E-state index contributed by atoms with van der Waals surface area (Å²) in [5.74, 6) is 0.159. The van der Waals surface area contributed by atoms with Gasteiger partial charge in [0.25, 0.3) is 0 Å². The van der Waals surface area contributed by atoms with Crippen LogP contribution in [0.25, 0.3) is 0 Å². The predicted molar refractivity (Wildman–Crippen MR) is 381 cm³/mol. The van der Waals surface area contributed by atoms with E-state index in [1.165, 1.54) is 186 Å². The second-order valence-electron chi connectivity index (χ2n) is 28.5. The number of aliphatic hydroxyl groups excluding tert-OH is 1. The van der Waals surface area contributed by atoms with Gasteiger partial charge in [-0.25, -0.2) is 9.13 Å². The number of hydrogen-bond acceptors (Lipinski definition) is 15. The third-order valence-electron chi connectivity index (χ3n) is 17.4. The van der Waals surface area contributed by atoms with Crippen LogP contribution in [-0.4, -0.2) is 96.7 Å². The summed E-state index contributed by atoms with van der Waals surface area (Å²) < 4.78 is 68.4. The van der Waals surface area contributed by atoms with Crippen LogP contribution >= 0.6 is 15.6 Å². The number of aliphatic hydroxyl groups is 1. The molecule has 2 unspecified atom stereocenters. The first-order valence-electron chi connectivity index (χ1n) is 38.8. The average molecular weight is 1380 g/mol. The van der Waals surface area contributed by atoms with Gasteiger partial charge in [-0.1, -0.05) is 331 Å². The minimum absolute atomic E-state index is 0.105. The SMILES string of the molecule is CCCCCCCCCCCCC(=O)O[C@H](COC(=O)CCCCCCCCC(C)C)COP(=O)(O)OC[C@H](O)COP(=O)(O)OC[C@@H](COC(=O)CCCCCCCCCCCCCCCC(C)C)OC(=O)CCCCCCCCCCCCCCCCCCC(C)C. The zero-order chi connectivity index (χ0) is 69.4. The second kappa shape index (κ2) is 65.7. The van der Waals surface area contributed by atoms with Gasteiger partial charge in [-0.3, -0.25) is 37.3 Å². The molecule has 0 radical (unpaired) electrons. The van der Waals surface area contributed by atoms with Crippen LogP contribution in [0.15, 0.2) is 0 Å². The normalized spacial score (nSPS) is 14.1. The molecule has 0 spiro atoms. The maximum atomic E-state index is 13.1. The standard InChI is InChI=1S/C75H146O17P2/c1-8-9-10-11-12-13-29-35-44-51-58-74(79)92-71(63-86-73(78)57-50-43-38-37-41-48-55-68(6)7)65-90-94(83,84)88-61-69(76)60-87-93(81,82)89-64-70(62-85-72(77)56-49-42-34-30-25-22-18-20-24-28-33-40-47-54-67(4)5)91-75(80)59-52-45-36-31-26-21-17-15-14-16-19-23-27-32-39-46-53-66(2)3/h66-71,76H,8-65H2,1-7H3,(H,81,82)(H,83,84)/t69-,70-,71-/m1/s1. The molecule has 0 amide bonds. The number of carbonyl (C=O) groups is 4. The molecule has 558 valence electrons. The Balaban J connectivity index is 5.21. The molecular formula is C75H146O17P2. The molecule has 19 heteroatoms. The fraction of sp³-hybridized carbons (Fsp3) is 0.947. The summed E-state index contributed by atoms with van der Waals surface area (Å²) in [5, 5.41) is 10.6. The van der Waals surface area contributed by atoms with E-state index < -0.39 is 97.5 Å². The summed E-state index contributed by atoms with van der Waals surface area (Å²) in [7, 11) is -9.91. The Hall–Kier alpha value is -1.94. The first-order chi connectivity index (χ1) is 45.2. The molecular weight excluding hydrogens is 1230 g/mol. The Kier molecular flexibility index (Phi) is 64.3. The molecule has 0 aliphatic carbocycles. The molecule has 0 aliphatic rings. The van der Waals surface area contributed by atoms with Crippen molar-refractivity contribution in [2.75, 3.05) is 39.6 Å². The Bertz CT molecular complexity index is 1840. The molecule has 0 fully saturated rings. The summed E-state index contributed by atoms with van der Waals surface area (Å²) in [6.45, 7) is 11.8. The third-order valence-corrected chi connectivity index (χ3v) is 19.3. The Labute approximate surface area is 575 Å². The number of unbranched alkanes of at least 4 members (excludes halogenated alkanes) is 41. The van der Waals surface area contributed by atoms with Gasteiger partial charge in [-0.05, 0) is 43.4 Å². The molecule has 0 aromatic heterocycles. The minimum atomic E-state index is -4.96. The smallest absolute Gasteiger partial charge is 0.462 e. The van der Waals surface area contributed by atoms with Gasteiger partial charge in [-0.2, -0.15) is 0 Å². The Morgan fingerprint density at radius 3 is 0.723 bits per heavy atom. The van der Waals surface area contributed by atoms with Crippen molar-refractivity contribution < 1.29 is 80.2 Å². The molecule has 0 bridgehead atoms. The zero-order valence-electron chi connectivity index (χ0n) is 61.4. The summed E-state index contributed by atoms with van der Waals surface area (Å²) in [6, 6.07) is 0. The number of phosphoric ester groups is 2. The van der Waals surface area contributed by atoms with Crippen LogP contribution in [0.3, 0.4) is 0 Å². The van der Waals surface area contributed by atoms with E-state index in [4.69, 9.17) is 37.0 Å². The van der Waals surface area contributed by atoms with E-state index in [1.54, 1.807) is 0 Å². The van der Waals surface area contributed by atoms with Crippen molar-refractivity contribution in [1.82, 2.24) is 0 Å². The van der Waals surface area contributed by atoms with Crippen molar-refractivity contribution in [3.8, 4) is 0 Å². The van der Waals surface area contributed by atoms with E-state index in [-0.39, 0.29) is 25.7 Å². The number of hydrogen-bond donors (Lipinski definition) is 3. The number of rotatable bonds is 73. The molecule has 0 heterocycles. The summed E-state index contributed by atoms with van der Waals surface area (Å²) in [5.41, 5.74) is 0. The fourth-order valence-electron chi connectivity index (χ4n) is 11.4. The molecule has 94 heavy (non-hydrogen) atoms. The van der Waals surface area contributed by atoms with Crippen LogP contribution < -0.4 is 0 Å². The van der Waals surface area contributed by atoms with Crippen molar-refractivity contribution in [3.05, 3.63) is 0 Å². The van der Waals surface area contributed by atoms with E-state index in [9.17, 15) is 43.2 Å². The predicted octanol–water partition coefficient (Wildman–Crippen LogP) is 21.8. The van der Waals surface area contributed by atoms with Gasteiger partial charge in [0.1, 0.15) is 19.3 Å². The van der Waals surface area contributed by atoms with Gasteiger partial charge in [0, 0.05) is 25.7 Å². The highest BCUT2D eigenvalue weighted by Crippen LogP contribution is 2.45. The van der Waals surface area contributed by atoms with E-state index in [0.717, 1.165) is 108 Å². The van der Waals surface area contributed by atoms with Crippen LogP contribution in [0, 0.1) is 17.8 Å². The Morgan fingerprint density at radius 2 is 0.489 bits per heavy atom. The lowest BCUT2D eigenvalue weighted by Crippen LogP contribution is -2.30. The van der Waals surface area contributed by atoms with Crippen molar-refractivity contribution in [1.29, 1.82) is 0 Å². The average Bonchev–Trinajstić information content (AvgIpc) is 1.56. The molecule has 3 N–H and O–H groups in total. The highest BCUT2D eigenvalue weighted by molar-refractivity contribution is 7.47. The van der Waals surface area contributed by atoms with Gasteiger partial charge in [0.15, 0.2) is 12.2 Å². The lowest BCUT2D eigenvalue weighted by molar-refractivity contribution is -0.161. The maximum Gasteiger partial charge on any atom is 0.472 e. The Morgan fingerprint density at radius 1 is 0.287 bits per heavy atom. The molecule has 0 saturated carbocycles. The monoisotopic (exact) mass is 1380 g/mol. The molecule has 5 atom stereocenters. The number of phosphoric acid groups is 2. The molecule has 0 aromatic rings. The summed E-state index contributed by atoms with van der Waals surface area (Å²) >= 11 is 0. The minimum Gasteiger partial charge on any atom is -0.462 e. The lowest BCUT2D eigenvalue weighted by Gasteiger charge is -2.21. The van der Waals surface area contributed by atoms with Crippen LogP contribution in [0.1, 0.15) is 382 Å². The molecule has 0 rings (SSSR count). The first-order valence-corrected chi connectivity index (χ1v) is 41.8. The van der Waals surface area contributed by atoms with E-state index >= 15 is 0 Å². The van der Waals surface area contributed by atoms with E-state index in [2.05, 4.69) is 48.5 Å². The summed E-state index contributed by atoms with van der Waals surface area (Å²) in [6.07, 6.45) is 51.5. The third kappa shape index (κ3) is 68.6. The largest absolute Gasteiger partial charge is 0.472 e. The van der Waals surface area contributed by atoms with Gasteiger partial charge in [0.2, 0.25) is 0 Å². The second-order valence-corrected chi connectivity index (χ2v) is 31.4. The lowest BCUT2D eigenvalue weighted by atomic mass is 10.0. The van der Waals surface area contributed by atoms with Crippen LogP contribution in [0.4, 0.5) is 0 Å². The molecule has 0 aliphatic heterocycles. The first kappa shape index (κ1) is 92.1. The van der Waals surface area contributed by atoms with Crippen molar-refractivity contribution in [2.45, 2.75) is 401 Å². The quantitative estimate of drug-likeness (QED) is 0.0222. The molecule has 0 aromatic carbocycles. The number of esters is 4. The highest BCUT2D eigenvalue weighted by Gasteiger charge is 2.30. The molecule has 17 nitrogen and oxygen atoms in total. The number of ether oxygens (including phenoxy) is 4. The van der Waals surface area contributed by atoms with Crippen LogP contribution in [0.5, 0.6) is 0 Å². The van der Waals surface area contributed by atoms with E-state index in [1.807, 2.05) is 0 Å².